The summed E-state index contributed by atoms with van der Waals surface area (Å²) in [4.78, 5) is 26.9. The summed E-state index contributed by atoms with van der Waals surface area (Å²) in [7, 11) is 1.48. The van der Waals surface area contributed by atoms with Crippen molar-refractivity contribution in [2.75, 3.05) is 38.3 Å². The number of benzene rings is 3. The van der Waals surface area contributed by atoms with E-state index >= 15 is 4.39 Å². The van der Waals surface area contributed by atoms with Gasteiger partial charge in [-0.05, 0) is 86.6 Å². The van der Waals surface area contributed by atoms with E-state index in [9.17, 15) is 9.90 Å². The fourth-order valence-electron chi connectivity index (χ4n) is 9.38. The van der Waals surface area contributed by atoms with Crippen molar-refractivity contribution in [1.82, 2.24) is 20.2 Å². The Balaban J connectivity index is 1.06. The van der Waals surface area contributed by atoms with Crippen LogP contribution in [0.4, 0.5) is 10.2 Å². The van der Waals surface area contributed by atoms with Crippen molar-refractivity contribution < 1.29 is 23.8 Å². The van der Waals surface area contributed by atoms with Crippen LogP contribution in [0.3, 0.4) is 0 Å². The van der Waals surface area contributed by atoms with Gasteiger partial charge in [0.25, 0.3) is 0 Å². The molecule has 1 aromatic heterocycles. The number of carbonyl (C=O) groups is 1. The molecule has 4 unspecified atom stereocenters. The fraction of sp³-hybridized carbons (Fsp3) is 0.475. The second-order valence-electron chi connectivity index (χ2n) is 15.3. The average Bonchev–Trinajstić information content (AvgIpc) is 3.76. The van der Waals surface area contributed by atoms with Gasteiger partial charge in [-0.25, -0.2) is 4.39 Å². The number of piperidine rings is 1. The molecule has 4 saturated heterocycles. The summed E-state index contributed by atoms with van der Waals surface area (Å²) in [6.07, 6.45) is 14.1. The Kier molecular flexibility index (Phi) is 7.63. The van der Waals surface area contributed by atoms with Crippen LogP contribution in [-0.4, -0.2) is 83.5 Å². The number of anilines is 1. The third-order valence-corrected chi connectivity index (χ3v) is 12.1. The van der Waals surface area contributed by atoms with Crippen molar-refractivity contribution >= 4 is 33.5 Å². The Morgan fingerprint density at radius 1 is 1.06 bits per heavy atom. The van der Waals surface area contributed by atoms with Crippen molar-refractivity contribution in [3.05, 3.63) is 53.8 Å². The van der Waals surface area contributed by atoms with Crippen LogP contribution in [0, 0.1) is 29.5 Å². The molecule has 50 heavy (non-hydrogen) atoms. The predicted octanol–water partition coefficient (Wildman–Crippen LogP) is 5.79. The van der Waals surface area contributed by atoms with E-state index in [1.807, 2.05) is 24.3 Å². The van der Waals surface area contributed by atoms with Crippen LogP contribution in [-0.2, 0) is 9.53 Å². The van der Waals surface area contributed by atoms with E-state index in [1.165, 1.54) is 7.11 Å². The number of ether oxygens (including phenoxy) is 2. The molecule has 4 aliphatic heterocycles. The molecule has 0 spiro atoms. The zero-order chi connectivity index (χ0) is 34.1. The minimum Gasteiger partial charge on any atom is -0.508 e. The molecular formula is C40H42FN5O4. The lowest BCUT2D eigenvalue weighted by Gasteiger charge is -2.40. The summed E-state index contributed by atoms with van der Waals surface area (Å²) >= 11 is 0. The minimum absolute atomic E-state index is 0.0133. The molecule has 0 amide bonds. The van der Waals surface area contributed by atoms with Crippen LogP contribution in [0.1, 0.15) is 56.9 Å². The first kappa shape index (κ1) is 31.5. The molecule has 0 radical (unpaired) electrons. The number of fused-ring (bicyclic) bond motifs is 6. The number of carbonyl (C=O) groups excluding carboxylic acids is 1. The van der Waals surface area contributed by atoms with E-state index in [0.717, 1.165) is 76.4 Å². The highest BCUT2D eigenvalue weighted by molar-refractivity contribution is 6.04. The van der Waals surface area contributed by atoms with E-state index in [-0.39, 0.29) is 34.6 Å². The number of rotatable bonds is 8. The minimum atomic E-state index is -0.501. The van der Waals surface area contributed by atoms with Crippen molar-refractivity contribution in [2.45, 2.75) is 75.5 Å². The van der Waals surface area contributed by atoms with Gasteiger partial charge in [0.05, 0.1) is 19.6 Å². The van der Waals surface area contributed by atoms with Gasteiger partial charge in [-0.2, -0.15) is 9.97 Å². The summed E-state index contributed by atoms with van der Waals surface area (Å²) in [5.74, 6) is 2.85. The van der Waals surface area contributed by atoms with E-state index in [2.05, 4.69) is 21.0 Å². The standard InChI is InChI=1S/C40H42FN5O4/c1-3-23-5-4-6-24-17-30(47)18-33(34(23)24)31-11-12-32-36(35(31)41)43-39(44-37(32)45-19-26-7-8-27(20-45)42-26)50-22-40(13-14-40)21-46-28-9-10-29(46)16-25(15-28)38(48)49-2/h1,4-6,11-12,17-18,25-29,42,47H,7-10,13-16,19-22H2,2H3. The first-order chi connectivity index (χ1) is 24.3. The third kappa shape index (κ3) is 5.42. The van der Waals surface area contributed by atoms with Gasteiger partial charge in [0.2, 0.25) is 0 Å². The normalized spacial score (nSPS) is 26.7. The predicted molar refractivity (Wildman–Crippen MR) is 190 cm³/mol. The maximum atomic E-state index is 17.0. The summed E-state index contributed by atoms with van der Waals surface area (Å²) in [5.41, 5.74) is 1.62. The van der Waals surface area contributed by atoms with Gasteiger partial charge < -0.3 is 24.8 Å². The number of hydrogen-bond acceptors (Lipinski definition) is 9. The van der Waals surface area contributed by atoms with Gasteiger partial charge in [0, 0.05) is 71.1 Å². The van der Waals surface area contributed by atoms with Gasteiger partial charge in [0.15, 0.2) is 5.82 Å². The van der Waals surface area contributed by atoms with E-state index in [1.54, 1.807) is 18.2 Å². The van der Waals surface area contributed by atoms with E-state index in [4.69, 9.17) is 25.9 Å². The van der Waals surface area contributed by atoms with Crippen LogP contribution in [0.5, 0.6) is 11.8 Å². The van der Waals surface area contributed by atoms with Crippen LogP contribution >= 0.6 is 0 Å². The van der Waals surface area contributed by atoms with E-state index < -0.39 is 5.82 Å². The van der Waals surface area contributed by atoms with Crippen LogP contribution in [0.15, 0.2) is 42.5 Å². The number of aromatic nitrogens is 2. The number of hydrogen-bond donors (Lipinski definition) is 2. The Bertz CT molecular complexity index is 2030. The Labute approximate surface area is 291 Å². The SMILES string of the molecule is C#Cc1cccc2cc(O)cc(-c3ccc4c(N5CC6CCC(C5)N6)nc(OCC5(CN6C7CCC6CC(C(=O)OC)C7)CC5)nc4c3F)c12. The van der Waals surface area contributed by atoms with Crippen molar-refractivity contribution in [1.29, 1.82) is 0 Å². The first-order valence-corrected chi connectivity index (χ1v) is 18.0. The third-order valence-electron chi connectivity index (χ3n) is 12.1. The monoisotopic (exact) mass is 675 g/mol. The lowest BCUT2D eigenvalue weighted by Crippen LogP contribution is -2.51. The number of halogens is 1. The van der Waals surface area contributed by atoms with Crippen LogP contribution in [0.2, 0.25) is 0 Å². The number of nitrogens with zero attached hydrogens (tertiary/aromatic N) is 4. The van der Waals surface area contributed by atoms with Gasteiger partial charge in [0.1, 0.15) is 17.1 Å². The zero-order valence-corrected chi connectivity index (χ0v) is 28.3. The molecule has 2 N–H and O–H groups in total. The quantitative estimate of drug-likeness (QED) is 0.178. The lowest BCUT2D eigenvalue weighted by molar-refractivity contribution is -0.148. The highest BCUT2D eigenvalue weighted by atomic mass is 19.1. The number of nitrogens with one attached hydrogen (secondary N) is 1. The molecule has 1 saturated carbocycles. The molecule has 4 bridgehead atoms. The van der Waals surface area contributed by atoms with Crippen LogP contribution < -0.4 is 15.0 Å². The first-order valence-electron chi connectivity index (χ1n) is 18.0. The number of phenolic OH excluding ortho intramolecular Hbond substituents is 1. The average molecular weight is 676 g/mol. The topological polar surface area (TPSA) is 100 Å². The number of phenols is 1. The molecule has 5 aliphatic rings. The summed E-state index contributed by atoms with van der Waals surface area (Å²) in [6.45, 7) is 2.92. The number of terminal acetylenes is 1. The molecule has 4 atom stereocenters. The summed E-state index contributed by atoms with van der Waals surface area (Å²) in [6, 6.07) is 14.1. The largest absolute Gasteiger partial charge is 0.508 e. The number of esters is 1. The van der Waals surface area contributed by atoms with Crippen LogP contribution in [0.25, 0.3) is 32.8 Å². The molecular weight excluding hydrogens is 633 g/mol. The molecule has 9 rings (SSSR count). The molecule has 9 nitrogen and oxygen atoms in total. The second-order valence-corrected chi connectivity index (χ2v) is 15.3. The summed E-state index contributed by atoms with van der Waals surface area (Å²) < 4.78 is 28.6. The summed E-state index contributed by atoms with van der Waals surface area (Å²) in [5, 5.41) is 16.4. The van der Waals surface area contributed by atoms with Gasteiger partial charge in [-0.1, -0.05) is 24.1 Å². The molecule has 1 aliphatic carbocycles. The maximum Gasteiger partial charge on any atom is 0.319 e. The maximum absolute atomic E-state index is 17.0. The molecule has 5 fully saturated rings. The smallest absolute Gasteiger partial charge is 0.319 e. The highest BCUT2D eigenvalue weighted by Crippen LogP contribution is 2.50. The zero-order valence-electron chi connectivity index (χ0n) is 28.3. The Morgan fingerprint density at radius 3 is 2.52 bits per heavy atom. The van der Waals surface area contributed by atoms with Crippen molar-refractivity contribution in [3.63, 3.8) is 0 Å². The van der Waals surface area contributed by atoms with Gasteiger partial charge >= 0.3 is 12.0 Å². The fourth-order valence-corrected chi connectivity index (χ4v) is 9.38. The van der Waals surface area contributed by atoms with Crippen molar-refractivity contribution in [3.8, 4) is 35.2 Å². The molecule has 10 heteroatoms. The molecule has 5 heterocycles. The lowest BCUT2D eigenvalue weighted by atomic mass is 9.89. The number of methoxy groups -OCH3 is 1. The Morgan fingerprint density at radius 2 is 1.82 bits per heavy atom. The molecule has 4 aromatic rings. The van der Waals surface area contributed by atoms with Gasteiger partial charge in [-0.15, -0.1) is 6.42 Å². The van der Waals surface area contributed by atoms with E-state index in [0.29, 0.717) is 64.1 Å². The number of piperazine rings is 1. The molecule has 3 aromatic carbocycles. The second kappa shape index (κ2) is 12.1. The molecule has 258 valence electrons. The van der Waals surface area contributed by atoms with Gasteiger partial charge in [-0.3, -0.25) is 9.69 Å². The Hall–Kier alpha value is -4.46. The van der Waals surface area contributed by atoms with Crippen molar-refractivity contribution in [2.24, 2.45) is 11.3 Å². The number of aromatic hydroxyl groups is 1. The highest BCUT2D eigenvalue weighted by Gasteiger charge is 2.51.